The van der Waals surface area contributed by atoms with Crippen molar-refractivity contribution in [2.75, 3.05) is 32.7 Å². The van der Waals surface area contributed by atoms with Crippen LogP contribution in [0.4, 0.5) is 23.0 Å². The maximum Gasteiger partial charge on any atom is 0.673 e. The van der Waals surface area contributed by atoms with Gasteiger partial charge in [-0.25, -0.2) is 4.79 Å². The van der Waals surface area contributed by atoms with Crippen molar-refractivity contribution in [3.8, 4) is 11.5 Å². The molecular weight excluding hydrogens is 635 g/mol. The molecule has 0 atom stereocenters. The van der Waals surface area contributed by atoms with Crippen LogP contribution in [-0.4, -0.2) is 46.1 Å². The second-order valence-electron chi connectivity index (χ2n) is 11.3. The Bertz CT molecular complexity index is 1760. The Kier molecular flexibility index (Phi) is 14.2. The van der Waals surface area contributed by atoms with E-state index in [0.29, 0.717) is 24.5 Å². The van der Waals surface area contributed by atoms with Gasteiger partial charge >= 0.3 is 13.2 Å². The van der Waals surface area contributed by atoms with Crippen molar-refractivity contribution in [1.29, 1.82) is 0 Å². The summed E-state index contributed by atoms with van der Waals surface area (Å²) in [5.41, 5.74) is 8.76. The number of allylic oxidation sites excluding steroid dienone is 1. The van der Waals surface area contributed by atoms with Crippen molar-refractivity contribution in [1.82, 2.24) is 0 Å². The largest absolute Gasteiger partial charge is 0.673 e. The standard InChI is InChI=1S/C38H40N2O4.BF4/c1-28-25-32(14-13-30-15-19-35(20-16-30)39(3)4)26-29(2)40(28)23-24-44-36-21-17-31(27-37(36)43-5)9-8-12-33-10-6-7-11-34(33)18-22-38(41)42;2-1(3,4)5/h6-8,10-22,25-27H,9,23-24H2,1-5H3;/q;-1/p+1/b12-8+,22-18+;. The zero-order valence-corrected chi connectivity index (χ0v) is 28.2. The molecule has 0 aliphatic carbocycles. The topological polar surface area (TPSA) is 62.9 Å². The van der Waals surface area contributed by atoms with E-state index in [1.165, 1.54) is 28.2 Å². The molecule has 0 saturated carbocycles. The molecule has 0 bridgehead atoms. The highest BCUT2D eigenvalue weighted by Crippen LogP contribution is 2.28. The molecule has 4 aromatic rings. The average molecular weight is 677 g/mol. The van der Waals surface area contributed by atoms with Gasteiger partial charge in [-0.05, 0) is 64.6 Å². The summed E-state index contributed by atoms with van der Waals surface area (Å²) in [5, 5.41) is 8.95. The van der Waals surface area contributed by atoms with Crippen LogP contribution in [0.2, 0.25) is 0 Å². The molecule has 0 fully saturated rings. The Hall–Kier alpha value is -5.32. The third-order valence-corrected chi connectivity index (χ3v) is 7.33. The van der Waals surface area contributed by atoms with E-state index in [1.807, 2.05) is 62.6 Å². The van der Waals surface area contributed by atoms with E-state index >= 15 is 0 Å². The Labute approximate surface area is 285 Å². The first kappa shape index (κ1) is 38.1. The predicted molar refractivity (Wildman–Crippen MR) is 190 cm³/mol. The summed E-state index contributed by atoms with van der Waals surface area (Å²) in [6.07, 6.45) is 11.8. The Morgan fingerprint density at radius 3 is 1.98 bits per heavy atom. The molecule has 3 aromatic carbocycles. The van der Waals surface area contributed by atoms with Gasteiger partial charge in [-0.2, -0.15) is 4.57 Å². The first-order valence-corrected chi connectivity index (χ1v) is 15.5. The summed E-state index contributed by atoms with van der Waals surface area (Å²) < 4.78 is 53.1. The molecule has 49 heavy (non-hydrogen) atoms. The van der Waals surface area contributed by atoms with Gasteiger partial charge in [0.05, 0.1) is 7.11 Å². The van der Waals surface area contributed by atoms with Gasteiger partial charge in [0.25, 0.3) is 0 Å². The third kappa shape index (κ3) is 13.4. The van der Waals surface area contributed by atoms with Crippen molar-refractivity contribution >= 4 is 43.2 Å². The zero-order valence-electron chi connectivity index (χ0n) is 28.2. The average Bonchev–Trinajstić information content (AvgIpc) is 3.04. The number of halogens is 4. The summed E-state index contributed by atoms with van der Waals surface area (Å²) in [6, 6.07) is 26.6. The summed E-state index contributed by atoms with van der Waals surface area (Å²) in [4.78, 5) is 13.0. The zero-order chi connectivity index (χ0) is 36.0. The number of anilines is 1. The van der Waals surface area contributed by atoms with E-state index in [1.54, 1.807) is 13.2 Å². The number of hydrogen-bond acceptors (Lipinski definition) is 4. The van der Waals surface area contributed by atoms with E-state index in [4.69, 9.17) is 14.6 Å². The highest BCUT2D eigenvalue weighted by molar-refractivity contribution is 6.50. The second kappa shape index (κ2) is 18.3. The second-order valence-corrected chi connectivity index (χ2v) is 11.3. The number of aryl methyl sites for hydroxylation is 2. The highest BCUT2D eigenvalue weighted by Gasteiger charge is 2.20. The molecule has 1 aromatic heterocycles. The van der Waals surface area contributed by atoms with Gasteiger partial charge in [0, 0.05) is 51.8 Å². The van der Waals surface area contributed by atoms with Gasteiger partial charge in [-0.3, -0.25) is 0 Å². The Morgan fingerprint density at radius 2 is 1.41 bits per heavy atom. The molecule has 0 amide bonds. The Balaban J connectivity index is 0.00000121. The molecule has 11 heteroatoms. The smallest absolute Gasteiger partial charge is 0.493 e. The molecule has 0 radical (unpaired) electrons. The number of rotatable bonds is 13. The molecule has 0 unspecified atom stereocenters. The number of hydrogen-bond donors (Lipinski definition) is 1. The molecule has 1 heterocycles. The molecule has 0 aliphatic rings. The van der Waals surface area contributed by atoms with Crippen molar-refractivity contribution in [3.05, 3.63) is 130 Å². The lowest BCUT2D eigenvalue weighted by Crippen LogP contribution is -2.42. The number of nitrogens with zero attached hydrogens (tertiary/aromatic N) is 2. The maximum absolute atomic E-state index is 10.9. The molecule has 1 N–H and O–H groups in total. The number of carbonyl (C=O) groups is 1. The normalized spacial score (nSPS) is 11.5. The van der Waals surface area contributed by atoms with E-state index in [2.05, 4.69) is 77.9 Å². The van der Waals surface area contributed by atoms with E-state index in [9.17, 15) is 22.1 Å². The van der Waals surface area contributed by atoms with E-state index < -0.39 is 13.2 Å². The quantitative estimate of drug-likeness (QED) is 0.0666. The van der Waals surface area contributed by atoms with E-state index in [0.717, 1.165) is 29.3 Å². The molecule has 258 valence electrons. The van der Waals surface area contributed by atoms with Gasteiger partial charge in [0.2, 0.25) is 0 Å². The molecule has 0 aliphatic heterocycles. The van der Waals surface area contributed by atoms with Gasteiger partial charge in [0.1, 0.15) is 6.61 Å². The number of benzene rings is 3. The lowest BCUT2D eigenvalue weighted by molar-refractivity contribution is -0.709. The number of aromatic nitrogens is 1. The highest BCUT2D eigenvalue weighted by atomic mass is 19.5. The van der Waals surface area contributed by atoms with Crippen LogP contribution in [0.3, 0.4) is 0 Å². The first-order chi connectivity index (χ1) is 23.2. The number of pyridine rings is 1. The number of methoxy groups -OCH3 is 1. The number of aliphatic carboxylic acids is 1. The molecule has 0 saturated heterocycles. The predicted octanol–water partition coefficient (Wildman–Crippen LogP) is 8.57. The van der Waals surface area contributed by atoms with Crippen LogP contribution in [-0.2, 0) is 17.8 Å². The monoisotopic (exact) mass is 676 g/mol. The summed E-state index contributed by atoms with van der Waals surface area (Å²) in [5.74, 6) is 0.435. The van der Waals surface area contributed by atoms with Crippen LogP contribution < -0.4 is 18.9 Å². The van der Waals surface area contributed by atoms with Crippen LogP contribution in [0.5, 0.6) is 11.5 Å². The third-order valence-electron chi connectivity index (χ3n) is 7.33. The lowest BCUT2D eigenvalue weighted by atomic mass is 10.0. The van der Waals surface area contributed by atoms with Crippen LogP contribution in [0.15, 0.2) is 91.0 Å². The number of ether oxygens (including phenoxy) is 2. The summed E-state index contributed by atoms with van der Waals surface area (Å²) >= 11 is 0. The minimum atomic E-state index is -6.00. The van der Waals surface area contributed by atoms with Gasteiger partial charge < -0.3 is 36.7 Å². The van der Waals surface area contributed by atoms with Crippen LogP contribution >= 0.6 is 0 Å². The van der Waals surface area contributed by atoms with Gasteiger partial charge in [-0.15, -0.1) is 0 Å². The fourth-order valence-electron chi connectivity index (χ4n) is 4.99. The van der Waals surface area contributed by atoms with Crippen molar-refractivity contribution in [3.63, 3.8) is 0 Å². The first-order valence-electron chi connectivity index (χ1n) is 15.5. The fourth-order valence-corrected chi connectivity index (χ4v) is 4.99. The number of carboxylic acids is 1. The fraction of sp³-hybridized carbons (Fsp3) is 0.211. The molecule has 6 nitrogen and oxygen atoms in total. The molecule has 0 spiro atoms. The van der Waals surface area contributed by atoms with Gasteiger partial charge in [0.15, 0.2) is 29.4 Å². The molecule has 4 rings (SSSR count). The lowest BCUT2D eigenvalue weighted by Gasteiger charge is -2.12. The van der Waals surface area contributed by atoms with Crippen LogP contribution in [0, 0.1) is 13.8 Å². The van der Waals surface area contributed by atoms with Crippen molar-refractivity contribution in [2.45, 2.75) is 26.8 Å². The van der Waals surface area contributed by atoms with Gasteiger partial charge in [-0.1, -0.05) is 66.8 Å². The number of carboxylic acid groups (broad SMARTS) is 1. The van der Waals surface area contributed by atoms with E-state index in [-0.39, 0.29) is 0 Å². The van der Waals surface area contributed by atoms with Crippen LogP contribution in [0.25, 0.3) is 24.3 Å². The minimum absolute atomic E-state index is 0.510. The molecular formula is C38H41BF4N2O4. The maximum atomic E-state index is 10.9. The SMILES string of the molecule is COc1cc(C/C=C/c2ccccc2/C=C/C(=O)O)ccc1OCC[n+]1c(C)cc(/C=C/c2ccc(N(C)C)cc2)cc1C.F[B-](F)(F)F. The summed E-state index contributed by atoms with van der Waals surface area (Å²) in [7, 11) is -0.259. The van der Waals surface area contributed by atoms with Crippen molar-refractivity contribution in [2.24, 2.45) is 0 Å². The minimum Gasteiger partial charge on any atom is -0.493 e. The van der Waals surface area contributed by atoms with Crippen LogP contribution in [0.1, 0.15) is 39.2 Å². The van der Waals surface area contributed by atoms with Crippen molar-refractivity contribution < 1.29 is 41.2 Å². The Morgan fingerprint density at radius 1 is 0.816 bits per heavy atom. The summed E-state index contributed by atoms with van der Waals surface area (Å²) in [6.45, 7) is 5.48.